The number of pyridine rings is 1. The van der Waals surface area contributed by atoms with Crippen LogP contribution in [0.3, 0.4) is 0 Å². The van der Waals surface area contributed by atoms with E-state index in [1.165, 1.54) is 25.2 Å². The highest BCUT2D eigenvalue weighted by atomic mass is 19.1. The number of aromatic amines is 1. The molecule has 0 atom stereocenters. The number of aromatic hydroxyl groups is 1. The van der Waals surface area contributed by atoms with Crippen LogP contribution in [-0.4, -0.2) is 52.1 Å². The maximum absolute atomic E-state index is 14.0. The number of rotatable bonds is 6. The van der Waals surface area contributed by atoms with Crippen molar-refractivity contribution in [3.63, 3.8) is 0 Å². The second-order valence-corrected chi connectivity index (χ2v) is 8.27. The number of amides is 1. The topological polar surface area (TPSA) is 135 Å². The highest BCUT2D eigenvalue weighted by Crippen LogP contribution is 2.31. The molecule has 0 aliphatic carbocycles. The van der Waals surface area contributed by atoms with Gasteiger partial charge in [-0.25, -0.2) is 9.18 Å². The van der Waals surface area contributed by atoms with Crippen molar-refractivity contribution in [1.29, 1.82) is 0 Å². The number of H-pyrrole nitrogens is 1. The second-order valence-electron chi connectivity index (χ2n) is 8.27. The molecule has 178 valence electrons. The van der Waals surface area contributed by atoms with E-state index in [1.54, 1.807) is 0 Å². The van der Waals surface area contributed by atoms with E-state index in [0.29, 0.717) is 17.8 Å². The lowest BCUT2D eigenvalue weighted by molar-refractivity contribution is 0.0696. The number of aromatic carboxylic acids is 1. The Morgan fingerprint density at radius 3 is 2.53 bits per heavy atom. The average Bonchev–Trinajstić information content (AvgIpc) is 2.81. The number of carboxylic acid groups (broad SMARTS) is 1. The summed E-state index contributed by atoms with van der Waals surface area (Å²) in [6.45, 7) is 2.14. The van der Waals surface area contributed by atoms with Gasteiger partial charge in [0.2, 0.25) is 0 Å². The molecular weight excluding hydrogens is 443 g/mol. The first-order valence-electron chi connectivity index (χ1n) is 10.9. The van der Waals surface area contributed by atoms with E-state index in [1.807, 2.05) is 0 Å². The van der Waals surface area contributed by atoms with Crippen molar-refractivity contribution in [3.05, 3.63) is 63.2 Å². The Labute approximate surface area is 194 Å². The van der Waals surface area contributed by atoms with E-state index >= 15 is 0 Å². The predicted octanol–water partition coefficient (Wildman–Crippen LogP) is 3.35. The van der Waals surface area contributed by atoms with E-state index < -0.39 is 34.6 Å². The van der Waals surface area contributed by atoms with E-state index in [4.69, 9.17) is 0 Å². The monoisotopic (exact) mass is 468 g/mol. The molecule has 1 amide bonds. The summed E-state index contributed by atoms with van der Waals surface area (Å²) in [7, 11) is 1.54. The Kier molecular flexibility index (Phi) is 6.51. The van der Waals surface area contributed by atoms with E-state index in [2.05, 4.69) is 20.5 Å². The molecule has 10 heteroatoms. The van der Waals surface area contributed by atoms with Gasteiger partial charge in [0.05, 0.1) is 16.8 Å². The zero-order chi connectivity index (χ0) is 24.4. The zero-order valence-electron chi connectivity index (χ0n) is 18.6. The number of carboxylic acids is 1. The quantitative estimate of drug-likeness (QED) is 0.374. The number of hydrogen-bond donors (Lipinski definition) is 5. The Morgan fingerprint density at radius 2 is 1.85 bits per heavy atom. The minimum atomic E-state index is -1.09. The van der Waals surface area contributed by atoms with Crippen LogP contribution in [0.1, 0.15) is 45.5 Å². The van der Waals surface area contributed by atoms with Gasteiger partial charge in [0.25, 0.3) is 11.5 Å². The standard InChI is InChI=1S/C24H25FN4O5/c1-26-18-11-15(25)10-16-20(18)28-23(32)19(21(16)30)22(31)27-17-6-5-13(24(33)34)9-14(17)12-29-7-3-2-4-8-29/h5-6,9-11,26H,2-4,7-8,12H2,1H3,(H,27,31)(H,33,34)(H2,28,30,32). The molecule has 9 nitrogen and oxygen atoms in total. The van der Waals surface area contributed by atoms with Gasteiger partial charge in [-0.3, -0.25) is 14.5 Å². The number of likely N-dealkylation sites (tertiary alicyclic amines) is 1. The first-order chi connectivity index (χ1) is 16.3. The summed E-state index contributed by atoms with van der Waals surface area (Å²) in [5.74, 6) is -3.28. The molecule has 2 heterocycles. The van der Waals surface area contributed by atoms with Crippen molar-refractivity contribution in [2.75, 3.05) is 30.8 Å². The number of fused-ring (bicyclic) bond motifs is 1. The lowest BCUT2D eigenvalue weighted by atomic mass is 10.0. The largest absolute Gasteiger partial charge is 0.506 e. The highest BCUT2D eigenvalue weighted by Gasteiger charge is 2.23. The van der Waals surface area contributed by atoms with Crippen LogP contribution in [0, 0.1) is 5.82 Å². The van der Waals surface area contributed by atoms with Crippen LogP contribution in [0.4, 0.5) is 15.8 Å². The van der Waals surface area contributed by atoms with Gasteiger partial charge < -0.3 is 25.8 Å². The summed E-state index contributed by atoms with van der Waals surface area (Å²) in [5, 5.41) is 25.4. The fourth-order valence-electron chi connectivity index (χ4n) is 4.28. The molecule has 1 aliphatic heterocycles. The van der Waals surface area contributed by atoms with Crippen molar-refractivity contribution in [3.8, 4) is 5.75 Å². The smallest absolute Gasteiger partial charge is 0.335 e. The molecule has 34 heavy (non-hydrogen) atoms. The molecule has 1 fully saturated rings. The van der Waals surface area contributed by atoms with Crippen molar-refractivity contribution in [2.45, 2.75) is 25.8 Å². The van der Waals surface area contributed by atoms with Gasteiger partial charge in [0, 0.05) is 24.7 Å². The molecule has 0 bridgehead atoms. The van der Waals surface area contributed by atoms with Gasteiger partial charge in [-0.05, 0) is 61.8 Å². The van der Waals surface area contributed by atoms with Crippen molar-refractivity contribution in [1.82, 2.24) is 9.88 Å². The molecular formula is C24H25FN4O5. The van der Waals surface area contributed by atoms with Crippen LogP contribution >= 0.6 is 0 Å². The number of nitrogens with one attached hydrogen (secondary N) is 3. The van der Waals surface area contributed by atoms with Crippen LogP contribution in [0.15, 0.2) is 35.1 Å². The molecule has 0 spiro atoms. The van der Waals surface area contributed by atoms with Gasteiger partial charge in [-0.1, -0.05) is 6.42 Å². The molecule has 0 unspecified atom stereocenters. The second kappa shape index (κ2) is 9.52. The Bertz CT molecular complexity index is 1330. The van der Waals surface area contributed by atoms with E-state index in [0.717, 1.165) is 44.5 Å². The van der Waals surface area contributed by atoms with Crippen LogP contribution in [0.25, 0.3) is 10.9 Å². The van der Waals surface area contributed by atoms with Gasteiger partial charge in [-0.15, -0.1) is 0 Å². The fourth-order valence-corrected chi connectivity index (χ4v) is 4.28. The van der Waals surface area contributed by atoms with Crippen LogP contribution in [0.5, 0.6) is 5.75 Å². The summed E-state index contributed by atoms with van der Waals surface area (Å²) in [6, 6.07) is 6.50. The molecule has 1 aliphatic rings. The normalized spacial score (nSPS) is 14.2. The third kappa shape index (κ3) is 4.58. The number of anilines is 2. The third-order valence-corrected chi connectivity index (χ3v) is 6.00. The molecule has 0 radical (unpaired) electrons. The number of benzene rings is 2. The fraction of sp³-hybridized carbons (Fsp3) is 0.292. The van der Waals surface area contributed by atoms with Gasteiger partial charge in [0.15, 0.2) is 0 Å². The lowest BCUT2D eigenvalue weighted by Crippen LogP contribution is -2.30. The molecule has 3 aromatic rings. The minimum absolute atomic E-state index is 0.0242. The molecule has 4 rings (SSSR count). The van der Waals surface area contributed by atoms with Gasteiger partial charge >= 0.3 is 5.97 Å². The Balaban J connectivity index is 1.72. The summed E-state index contributed by atoms with van der Waals surface area (Å²) in [4.78, 5) is 41.9. The molecule has 0 saturated carbocycles. The zero-order valence-corrected chi connectivity index (χ0v) is 18.6. The predicted molar refractivity (Wildman–Crippen MR) is 126 cm³/mol. The van der Waals surface area contributed by atoms with Gasteiger partial charge in [0.1, 0.15) is 17.1 Å². The number of nitrogens with zero attached hydrogens (tertiary/aromatic N) is 1. The number of piperidine rings is 1. The molecule has 1 saturated heterocycles. The number of halogens is 1. The van der Waals surface area contributed by atoms with Crippen molar-refractivity contribution >= 4 is 34.2 Å². The molecule has 2 aromatic carbocycles. The Hall–Kier alpha value is -3.92. The first kappa shape index (κ1) is 23.2. The maximum atomic E-state index is 14.0. The molecule has 5 N–H and O–H groups in total. The van der Waals surface area contributed by atoms with E-state index in [9.17, 15) is 29.0 Å². The number of carbonyl (C=O) groups excluding carboxylic acids is 1. The van der Waals surface area contributed by atoms with Gasteiger partial charge in [-0.2, -0.15) is 0 Å². The third-order valence-electron chi connectivity index (χ3n) is 6.00. The summed E-state index contributed by atoms with van der Waals surface area (Å²) < 4.78 is 14.0. The summed E-state index contributed by atoms with van der Waals surface area (Å²) in [6.07, 6.45) is 3.20. The summed E-state index contributed by atoms with van der Waals surface area (Å²) >= 11 is 0. The number of carbonyl (C=O) groups is 2. The van der Waals surface area contributed by atoms with Crippen LogP contribution in [-0.2, 0) is 6.54 Å². The molecule has 1 aromatic heterocycles. The van der Waals surface area contributed by atoms with E-state index in [-0.39, 0.29) is 22.2 Å². The average molecular weight is 468 g/mol. The SMILES string of the molecule is CNc1cc(F)cc2c(O)c(C(=O)Nc3ccc(C(=O)O)cc3CN3CCCCC3)c(=O)[nH]c12. The van der Waals surface area contributed by atoms with Crippen molar-refractivity contribution in [2.24, 2.45) is 0 Å². The highest BCUT2D eigenvalue weighted by molar-refractivity contribution is 6.10. The Morgan fingerprint density at radius 1 is 1.12 bits per heavy atom. The van der Waals surface area contributed by atoms with Crippen LogP contribution in [0.2, 0.25) is 0 Å². The lowest BCUT2D eigenvalue weighted by Gasteiger charge is -2.27. The summed E-state index contributed by atoms with van der Waals surface area (Å²) in [5.41, 5.74) is -0.00445. The number of aromatic nitrogens is 1. The maximum Gasteiger partial charge on any atom is 0.335 e. The minimum Gasteiger partial charge on any atom is -0.506 e. The number of hydrogen-bond acceptors (Lipinski definition) is 6. The van der Waals surface area contributed by atoms with Crippen molar-refractivity contribution < 1.29 is 24.2 Å². The van der Waals surface area contributed by atoms with Crippen LogP contribution < -0.4 is 16.2 Å². The first-order valence-corrected chi connectivity index (χ1v) is 10.9.